The van der Waals surface area contributed by atoms with Gasteiger partial charge in [0.15, 0.2) is 0 Å². The van der Waals surface area contributed by atoms with Crippen LogP contribution in [0.1, 0.15) is 44.2 Å². The number of aryl methyl sites for hydroxylation is 2. The molecular weight excluding hydrogens is 346 g/mol. The van der Waals surface area contributed by atoms with Gasteiger partial charge in [0.05, 0.1) is 6.54 Å². The van der Waals surface area contributed by atoms with E-state index in [4.69, 9.17) is 5.11 Å². The molecule has 0 spiro atoms. The number of anilines is 1. The van der Waals surface area contributed by atoms with Gasteiger partial charge in [0.1, 0.15) is 5.54 Å². The molecule has 3 N–H and O–H groups in total. The van der Waals surface area contributed by atoms with E-state index in [1.54, 1.807) is 0 Å². The lowest BCUT2D eigenvalue weighted by Crippen LogP contribution is -2.50. The number of carbonyl (C=O) groups excluding carboxylic acids is 2. The minimum absolute atomic E-state index is 0.109. The van der Waals surface area contributed by atoms with Crippen molar-refractivity contribution in [1.82, 2.24) is 10.2 Å². The normalized spacial score (nSPS) is 14.1. The summed E-state index contributed by atoms with van der Waals surface area (Å²) in [7, 11) is 0. The van der Waals surface area contributed by atoms with Crippen molar-refractivity contribution in [2.75, 3.05) is 18.4 Å². The number of hydrogen-bond donors (Lipinski definition) is 3. The minimum atomic E-state index is -1.30. The van der Waals surface area contributed by atoms with Gasteiger partial charge >= 0.3 is 5.97 Å². The van der Waals surface area contributed by atoms with Crippen LogP contribution in [-0.4, -0.2) is 52.5 Å². The number of nitrogens with one attached hydrogen (secondary N) is 2. The van der Waals surface area contributed by atoms with Gasteiger partial charge in [-0.25, -0.2) is 4.79 Å². The molecule has 2 amide bonds. The molecule has 0 heterocycles. The van der Waals surface area contributed by atoms with Gasteiger partial charge in [-0.05, 0) is 57.7 Å². The van der Waals surface area contributed by atoms with Crippen molar-refractivity contribution in [1.29, 1.82) is 0 Å². The zero-order valence-corrected chi connectivity index (χ0v) is 16.5. The summed E-state index contributed by atoms with van der Waals surface area (Å²) in [6, 6.07) is 6.22. The highest BCUT2D eigenvalue weighted by atomic mass is 16.4. The summed E-state index contributed by atoms with van der Waals surface area (Å²) < 4.78 is 0. The van der Waals surface area contributed by atoms with E-state index in [0.717, 1.165) is 29.7 Å². The summed E-state index contributed by atoms with van der Waals surface area (Å²) in [6.45, 7) is 7.46. The highest BCUT2D eigenvalue weighted by Gasteiger charge is 2.32. The number of rotatable bonds is 9. The molecule has 148 valence electrons. The third kappa shape index (κ3) is 6.36. The third-order valence-corrected chi connectivity index (χ3v) is 4.69. The van der Waals surface area contributed by atoms with Gasteiger partial charge in [0, 0.05) is 24.7 Å². The second-order valence-corrected chi connectivity index (χ2v) is 7.80. The maximum absolute atomic E-state index is 12.5. The number of carboxylic acids is 1. The van der Waals surface area contributed by atoms with Gasteiger partial charge in [-0.3, -0.25) is 14.5 Å². The van der Waals surface area contributed by atoms with Crippen LogP contribution in [0, 0.1) is 13.8 Å². The maximum atomic E-state index is 12.5. The van der Waals surface area contributed by atoms with E-state index in [-0.39, 0.29) is 24.8 Å². The van der Waals surface area contributed by atoms with Gasteiger partial charge in [-0.15, -0.1) is 0 Å². The van der Waals surface area contributed by atoms with Crippen LogP contribution in [-0.2, 0) is 14.4 Å². The number of nitrogens with zero attached hydrogens (tertiary/aromatic N) is 1. The Labute approximate surface area is 160 Å². The van der Waals surface area contributed by atoms with E-state index >= 15 is 0 Å². The van der Waals surface area contributed by atoms with Crippen LogP contribution in [0.25, 0.3) is 0 Å². The lowest BCUT2D eigenvalue weighted by Gasteiger charge is -2.24. The maximum Gasteiger partial charge on any atom is 0.328 e. The minimum Gasteiger partial charge on any atom is -0.480 e. The van der Waals surface area contributed by atoms with E-state index in [2.05, 4.69) is 10.6 Å². The Morgan fingerprint density at radius 1 is 1.19 bits per heavy atom. The molecule has 0 atom stereocenters. The monoisotopic (exact) mass is 375 g/mol. The first kappa shape index (κ1) is 20.9. The average Bonchev–Trinajstić information content (AvgIpc) is 3.39. The van der Waals surface area contributed by atoms with E-state index in [1.807, 2.05) is 36.9 Å². The molecule has 0 saturated heterocycles. The Kier molecular flexibility index (Phi) is 6.59. The molecule has 2 rings (SSSR count). The van der Waals surface area contributed by atoms with Crippen molar-refractivity contribution in [3.8, 4) is 0 Å². The fourth-order valence-corrected chi connectivity index (χ4v) is 2.78. The second kappa shape index (κ2) is 8.52. The summed E-state index contributed by atoms with van der Waals surface area (Å²) >= 11 is 0. The van der Waals surface area contributed by atoms with Gasteiger partial charge < -0.3 is 15.7 Å². The summed E-state index contributed by atoms with van der Waals surface area (Å²) in [6.07, 6.45) is 2.18. The number of carboxylic acid groups (broad SMARTS) is 1. The zero-order valence-electron chi connectivity index (χ0n) is 16.5. The van der Waals surface area contributed by atoms with E-state index < -0.39 is 11.5 Å². The van der Waals surface area contributed by atoms with Gasteiger partial charge in [0.25, 0.3) is 0 Å². The van der Waals surface area contributed by atoms with E-state index in [1.165, 1.54) is 13.8 Å². The molecule has 7 heteroatoms. The van der Waals surface area contributed by atoms with Crippen LogP contribution in [0.15, 0.2) is 18.2 Å². The molecule has 27 heavy (non-hydrogen) atoms. The molecule has 1 aliphatic rings. The first-order chi connectivity index (χ1) is 12.6. The van der Waals surface area contributed by atoms with Crippen LogP contribution >= 0.6 is 0 Å². The summed E-state index contributed by atoms with van der Waals surface area (Å²) in [5.74, 6) is -1.52. The average molecular weight is 375 g/mol. The first-order valence-electron chi connectivity index (χ1n) is 9.24. The van der Waals surface area contributed by atoms with Gasteiger partial charge in [-0.2, -0.15) is 0 Å². The zero-order chi connectivity index (χ0) is 20.2. The standard InChI is InChI=1S/C20H29N3O4/c1-13-5-6-14(2)16(11-13)21-18(25)12-23(15-7-8-15)10-9-17(24)22-20(3,4)19(26)27/h5-6,11,15H,7-10,12H2,1-4H3,(H,21,25)(H,22,24)(H,26,27). The van der Waals surface area contributed by atoms with E-state index in [9.17, 15) is 14.4 Å². The molecule has 1 fully saturated rings. The Hall–Kier alpha value is -2.41. The molecule has 0 unspecified atom stereocenters. The van der Waals surface area contributed by atoms with Gasteiger partial charge in [-0.1, -0.05) is 12.1 Å². The molecule has 1 aromatic carbocycles. The number of aliphatic carboxylic acids is 1. The number of hydrogen-bond acceptors (Lipinski definition) is 4. The number of amides is 2. The van der Waals surface area contributed by atoms with Crippen LogP contribution in [0.3, 0.4) is 0 Å². The summed E-state index contributed by atoms with van der Waals surface area (Å²) in [5.41, 5.74) is 1.58. The fourth-order valence-electron chi connectivity index (χ4n) is 2.78. The molecule has 7 nitrogen and oxygen atoms in total. The molecule has 1 aliphatic carbocycles. The molecule has 0 aliphatic heterocycles. The van der Waals surface area contributed by atoms with Crippen molar-refractivity contribution in [3.63, 3.8) is 0 Å². The largest absolute Gasteiger partial charge is 0.480 e. The summed E-state index contributed by atoms with van der Waals surface area (Å²) in [5, 5.41) is 14.5. The van der Waals surface area contributed by atoms with Gasteiger partial charge in [0.2, 0.25) is 11.8 Å². The predicted molar refractivity (Wildman–Crippen MR) is 104 cm³/mol. The molecule has 0 bridgehead atoms. The Morgan fingerprint density at radius 2 is 1.85 bits per heavy atom. The van der Waals surface area contributed by atoms with Crippen molar-refractivity contribution < 1.29 is 19.5 Å². The molecular formula is C20H29N3O4. The second-order valence-electron chi connectivity index (χ2n) is 7.80. The highest BCUT2D eigenvalue weighted by Crippen LogP contribution is 2.27. The van der Waals surface area contributed by atoms with Crippen LogP contribution in [0.5, 0.6) is 0 Å². The Morgan fingerprint density at radius 3 is 2.44 bits per heavy atom. The number of benzene rings is 1. The molecule has 0 aromatic heterocycles. The SMILES string of the molecule is Cc1ccc(C)c(NC(=O)CN(CCC(=O)NC(C)(C)C(=O)O)C2CC2)c1. The third-order valence-electron chi connectivity index (χ3n) is 4.69. The molecule has 0 radical (unpaired) electrons. The molecule has 1 aromatic rings. The Bertz CT molecular complexity index is 726. The smallest absolute Gasteiger partial charge is 0.328 e. The lowest BCUT2D eigenvalue weighted by molar-refractivity contribution is -0.146. The van der Waals surface area contributed by atoms with Crippen LogP contribution in [0.4, 0.5) is 5.69 Å². The van der Waals surface area contributed by atoms with Crippen molar-refractivity contribution in [2.45, 2.75) is 58.5 Å². The quantitative estimate of drug-likeness (QED) is 0.614. The fraction of sp³-hybridized carbons (Fsp3) is 0.550. The lowest BCUT2D eigenvalue weighted by atomic mass is 10.1. The summed E-state index contributed by atoms with van der Waals surface area (Å²) in [4.78, 5) is 37.6. The topological polar surface area (TPSA) is 98.7 Å². The highest BCUT2D eigenvalue weighted by molar-refractivity contribution is 5.93. The predicted octanol–water partition coefficient (Wildman–Crippen LogP) is 2.08. The van der Waals surface area contributed by atoms with Crippen molar-refractivity contribution >= 4 is 23.5 Å². The molecule has 1 saturated carbocycles. The van der Waals surface area contributed by atoms with Crippen LogP contribution in [0.2, 0.25) is 0 Å². The van der Waals surface area contributed by atoms with Crippen molar-refractivity contribution in [2.24, 2.45) is 0 Å². The first-order valence-corrected chi connectivity index (χ1v) is 9.24. The Balaban J connectivity index is 1.88. The number of carbonyl (C=O) groups is 3. The van der Waals surface area contributed by atoms with E-state index in [0.29, 0.717) is 12.6 Å². The van der Waals surface area contributed by atoms with Crippen molar-refractivity contribution in [3.05, 3.63) is 29.3 Å². The van der Waals surface area contributed by atoms with Crippen LogP contribution < -0.4 is 10.6 Å².